The molecular formula is C12H11FO2. The zero-order valence-electron chi connectivity index (χ0n) is 8.63. The monoisotopic (exact) mass is 206 g/mol. The lowest BCUT2D eigenvalue weighted by molar-refractivity contribution is -0.116. The second-order valence-electron chi connectivity index (χ2n) is 3.74. The summed E-state index contributed by atoms with van der Waals surface area (Å²) in [4.78, 5) is 11.0. The lowest BCUT2D eigenvalue weighted by Crippen LogP contribution is -1.97. The topological polar surface area (TPSA) is 30.2 Å². The highest BCUT2D eigenvalue weighted by atomic mass is 19.1. The number of benzene rings is 1. The molecule has 0 saturated carbocycles. The Morgan fingerprint density at radius 3 is 2.87 bits per heavy atom. The molecule has 1 aromatic carbocycles. The Bertz CT molecular complexity index is 526. The van der Waals surface area contributed by atoms with Crippen molar-refractivity contribution in [1.82, 2.24) is 0 Å². The molecule has 2 rings (SSSR count). The average molecular weight is 206 g/mol. The van der Waals surface area contributed by atoms with Crippen molar-refractivity contribution in [2.75, 3.05) is 0 Å². The number of carbonyl (C=O) groups is 1. The first-order valence-electron chi connectivity index (χ1n) is 4.73. The van der Waals surface area contributed by atoms with Crippen molar-refractivity contribution in [3.63, 3.8) is 0 Å². The molecule has 0 fully saturated rings. The van der Waals surface area contributed by atoms with E-state index in [0.29, 0.717) is 11.1 Å². The van der Waals surface area contributed by atoms with Crippen molar-refractivity contribution in [3.8, 4) is 0 Å². The number of hydrogen-bond donors (Lipinski definition) is 0. The van der Waals surface area contributed by atoms with Crippen molar-refractivity contribution < 1.29 is 13.6 Å². The first-order valence-corrected chi connectivity index (χ1v) is 4.73. The minimum absolute atomic E-state index is 0.00375. The zero-order chi connectivity index (χ0) is 11.0. The summed E-state index contributed by atoms with van der Waals surface area (Å²) in [5, 5.41) is 0.742. The maximum absolute atomic E-state index is 13.3. The number of carbonyl (C=O) groups excluding carboxylic acids is 1. The van der Waals surface area contributed by atoms with Crippen LogP contribution in [0, 0.1) is 12.7 Å². The molecule has 0 unspecified atom stereocenters. The molecule has 0 spiro atoms. The van der Waals surface area contributed by atoms with Gasteiger partial charge < -0.3 is 4.42 Å². The Labute approximate surface area is 86.7 Å². The van der Waals surface area contributed by atoms with Crippen molar-refractivity contribution in [2.24, 2.45) is 0 Å². The molecule has 0 N–H and O–H groups in total. The van der Waals surface area contributed by atoms with E-state index in [2.05, 4.69) is 0 Å². The van der Waals surface area contributed by atoms with Crippen LogP contribution in [0.3, 0.4) is 0 Å². The van der Waals surface area contributed by atoms with Gasteiger partial charge in [-0.2, -0.15) is 0 Å². The molecule has 2 aromatic rings. The van der Waals surface area contributed by atoms with Gasteiger partial charge in [-0.05, 0) is 31.5 Å². The van der Waals surface area contributed by atoms with Crippen LogP contribution in [0.2, 0.25) is 0 Å². The van der Waals surface area contributed by atoms with E-state index in [4.69, 9.17) is 4.42 Å². The molecule has 78 valence electrons. The smallest absolute Gasteiger partial charge is 0.137 e. The van der Waals surface area contributed by atoms with E-state index in [-0.39, 0.29) is 18.0 Å². The molecule has 0 aliphatic rings. The van der Waals surface area contributed by atoms with Crippen LogP contribution in [0.25, 0.3) is 11.0 Å². The average Bonchev–Trinajstić information content (AvgIpc) is 2.47. The quantitative estimate of drug-likeness (QED) is 0.756. The molecule has 1 aromatic heterocycles. The van der Waals surface area contributed by atoms with Gasteiger partial charge >= 0.3 is 0 Å². The molecule has 2 nitrogen and oxygen atoms in total. The van der Waals surface area contributed by atoms with Gasteiger partial charge in [-0.3, -0.25) is 4.79 Å². The number of rotatable bonds is 2. The normalized spacial score (nSPS) is 10.9. The summed E-state index contributed by atoms with van der Waals surface area (Å²) in [5.41, 5.74) is 2.11. The van der Waals surface area contributed by atoms with Gasteiger partial charge in [0.25, 0.3) is 0 Å². The molecule has 0 atom stereocenters. The lowest BCUT2D eigenvalue weighted by Gasteiger charge is -2.00. The SMILES string of the molecule is CC(=O)Cc1cc(F)cc2c(C)coc12. The van der Waals surface area contributed by atoms with Crippen molar-refractivity contribution in [1.29, 1.82) is 0 Å². The van der Waals surface area contributed by atoms with Gasteiger partial charge in [-0.15, -0.1) is 0 Å². The van der Waals surface area contributed by atoms with Crippen LogP contribution in [0.4, 0.5) is 4.39 Å². The first kappa shape index (κ1) is 9.90. The van der Waals surface area contributed by atoms with Crippen LogP contribution in [0.1, 0.15) is 18.1 Å². The van der Waals surface area contributed by atoms with Gasteiger partial charge in [-0.25, -0.2) is 4.39 Å². The maximum Gasteiger partial charge on any atom is 0.137 e. The highest BCUT2D eigenvalue weighted by molar-refractivity contribution is 5.88. The lowest BCUT2D eigenvalue weighted by atomic mass is 10.1. The third-order valence-electron chi connectivity index (χ3n) is 2.35. The van der Waals surface area contributed by atoms with Gasteiger partial charge in [0.2, 0.25) is 0 Å². The van der Waals surface area contributed by atoms with E-state index in [1.807, 2.05) is 6.92 Å². The molecule has 0 amide bonds. The maximum atomic E-state index is 13.3. The molecule has 0 radical (unpaired) electrons. The number of Topliss-reactive ketones (excluding diaryl/α,β-unsaturated/α-hetero) is 1. The molecule has 1 heterocycles. The van der Waals surface area contributed by atoms with E-state index in [0.717, 1.165) is 10.9 Å². The van der Waals surface area contributed by atoms with Crippen LogP contribution >= 0.6 is 0 Å². The molecule has 0 bridgehead atoms. The van der Waals surface area contributed by atoms with E-state index < -0.39 is 0 Å². The van der Waals surface area contributed by atoms with Crippen LogP contribution < -0.4 is 0 Å². The molecule has 0 aliphatic carbocycles. The fourth-order valence-corrected chi connectivity index (χ4v) is 1.69. The third kappa shape index (κ3) is 1.77. The Kier molecular flexibility index (Phi) is 2.31. The third-order valence-corrected chi connectivity index (χ3v) is 2.35. The minimum Gasteiger partial charge on any atom is -0.464 e. The summed E-state index contributed by atoms with van der Waals surface area (Å²) in [6.07, 6.45) is 1.79. The fraction of sp³-hybridized carbons (Fsp3) is 0.250. The summed E-state index contributed by atoms with van der Waals surface area (Å²) in [6, 6.07) is 2.78. The molecular weight excluding hydrogens is 195 g/mol. The van der Waals surface area contributed by atoms with E-state index in [9.17, 15) is 9.18 Å². The van der Waals surface area contributed by atoms with E-state index in [1.54, 1.807) is 6.26 Å². The fourth-order valence-electron chi connectivity index (χ4n) is 1.69. The van der Waals surface area contributed by atoms with Crippen LogP contribution in [0.5, 0.6) is 0 Å². The Morgan fingerprint density at radius 2 is 2.20 bits per heavy atom. The molecule has 0 saturated heterocycles. The van der Waals surface area contributed by atoms with Gasteiger partial charge in [0.05, 0.1) is 6.26 Å². The predicted octanol–water partition coefficient (Wildman–Crippen LogP) is 3.01. The summed E-state index contributed by atoms with van der Waals surface area (Å²) < 4.78 is 18.6. The van der Waals surface area contributed by atoms with Gasteiger partial charge in [-0.1, -0.05) is 0 Å². The van der Waals surface area contributed by atoms with E-state index >= 15 is 0 Å². The number of hydrogen-bond acceptors (Lipinski definition) is 2. The number of ketones is 1. The molecule has 3 heteroatoms. The van der Waals surface area contributed by atoms with E-state index in [1.165, 1.54) is 19.1 Å². The molecule has 15 heavy (non-hydrogen) atoms. The number of fused-ring (bicyclic) bond motifs is 1. The van der Waals surface area contributed by atoms with Crippen LogP contribution in [0.15, 0.2) is 22.8 Å². The second-order valence-corrected chi connectivity index (χ2v) is 3.74. The Balaban J connectivity index is 2.66. The van der Waals surface area contributed by atoms with Gasteiger partial charge in [0.15, 0.2) is 0 Å². The zero-order valence-corrected chi connectivity index (χ0v) is 8.63. The highest BCUT2D eigenvalue weighted by Gasteiger charge is 2.11. The summed E-state index contributed by atoms with van der Waals surface area (Å²) in [7, 11) is 0. The summed E-state index contributed by atoms with van der Waals surface area (Å²) in [6.45, 7) is 3.33. The van der Waals surface area contributed by atoms with Crippen molar-refractivity contribution in [3.05, 3.63) is 35.3 Å². The predicted molar refractivity (Wildman–Crippen MR) is 55.3 cm³/mol. The number of aryl methyl sites for hydroxylation is 1. The Hall–Kier alpha value is -1.64. The summed E-state index contributed by atoms with van der Waals surface area (Å²) in [5.74, 6) is -0.334. The van der Waals surface area contributed by atoms with Gasteiger partial charge in [0, 0.05) is 17.4 Å². The summed E-state index contributed by atoms with van der Waals surface area (Å²) >= 11 is 0. The Morgan fingerprint density at radius 1 is 1.47 bits per heavy atom. The van der Waals surface area contributed by atoms with Crippen LogP contribution in [-0.2, 0) is 11.2 Å². The second kappa shape index (κ2) is 3.50. The standard InChI is InChI=1S/C12H11FO2/c1-7-6-15-12-9(3-8(2)14)4-10(13)5-11(7)12/h4-6H,3H2,1-2H3. The van der Waals surface area contributed by atoms with Gasteiger partial charge in [0.1, 0.15) is 17.2 Å². The largest absolute Gasteiger partial charge is 0.464 e. The minimum atomic E-state index is -0.330. The first-order chi connectivity index (χ1) is 7.08. The number of furan rings is 1. The highest BCUT2D eigenvalue weighted by Crippen LogP contribution is 2.25. The number of halogens is 1. The van der Waals surface area contributed by atoms with Crippen molar-refractivity contribution in [2.45, 2.75) is 20.3 Å². The van der Waals surface area contributed by atoms with Crippen molar-refractivity contribution >= 4 is 16.8 Å². The van der Waals surface area contributed by atoms with Crippen LogP contribution in [-0.4, -0.2) is 5.78 Å². The molecule has 0 aliphatic heterocycles.